The minimum Gasteiger partial charge on any atom is -0.463 e. The Morgan fingerprint density at radius 2 is 1.18 bits per heavy atom. The number of aliphatic hydroxyl groups excluding tert-OH is 1. The fourth-order valence-electron chi connectivity index (χ4n) is 11.8. The molecule has 0 aromatic rings. The van der Waals surface area contributed by atoms with Crippen molar-refractivity contribution >= 4 is 11.8 Å². The zero-order valence-corrected chi connectivity index (χ0v) is 26.9. The van der Waals surface area contributed by atoms with Gasteiger partial charge in [-0.3, -0.25) is 4.79 Å². The van der Waals surface area contributed by atoms with Crippen molar-refractivity contribution in [2.24, 2.45) is 47.3 Å². The number of hydrogen-bond acceptors (Lipinski definition) is 6. The van der Waals surface area contributed by atoms with Crippen LogP contribution in [-0.4, -0.2) is 35.5 Å². The van der Waals surface area contributed by atoms with E-state index in [0.717, 1.165) is 84.4 Å². The van der Waals surface area contributed by atoms with Gasteiger partial charge in [-0.1, -0.05) is 38.5 Å². The second-order valence-electron chi connectivity index (χ2n) is 15.6. The Labute approximate surface area is 264 Å². The van der Waals surface area contributed by atoms with Gasteiger partial charge < -0.3 is 20.5 Å². The molecule has 0 aliphatic heterocycles. The lowest BCUT2D eigenvalue weighted by molar-refractivity contribution is -0.138. The molecule has 0 aromatic heterocycles. The molecule has 0 saturated heterocycles. The summed E-state index contributed by atoms with van der Waals surface area (Å²) >= 11 is 0. The summed E-state index contributed by atoms with van der Waals surface area (Å²) in [7, 11) is 0. The van der Waals surface area contributed by atoms with Crippen LogP contribution in [0.15, 0.2) is 22.5 Å². The molecule has 6 saturated carbocycles. The summed E-state index contributed by atoms with van der Waals surface area (Å²) in [5, 5.41) is 17.0. The standard InChI is InChI=1S/C38H54N2O4/c1-2-44-38(43)34-22-35(39-27-11-13-31-25(19-27)17-23-7-3-5-9-29(23)31)33(37(42)15-16-41)21-36(34)40-28-12-14-32-26(20-28)18-24-8-4-6-10-30(24)32/h23-32,39-41H,2-14,17-22H2,1H3. The number of ether oxygens (including phenoxy) is 1. The molecule has 7 aliphatic carbocycles. The largest absolute Gasteiger partial charge is 0.463 e. The average molecular weight is 603 g/mol. The van der Waals surface area contributed by atoms with Crippen molar-refractivity contribution in [3.63, 3.8) is 0 Å². The minimum absolute atomic E-state index is 0.279. The quantitative estimate of drug-likeness (QED) is 0.217. The van der Waals surface area contributed by atoms with Crippen molar-refractivity contribution in [3.8, 4) is 12.0 Å². The van der Waals surface area contributed by atoms with E-state index in [0.29, 0.717) is 42.7 Å². The zero-order chi connectivity index (χ0) is 30.2. The Morgan fingerprint density at radius 3 is 1.73 bits per heavy atom. The third kappa shape index (κ3) is 5.94. The van der Waals surface area contributed by atoms with Gasteiger partial charge in [0.2, 0.25) is 5.78 Å². The van der Waals surface area contributed by atoms with Gasteiger partial charge in [-0.15, -0.1) is 0 Å². The number of ketones is 1. The maximum atomic E-state index is 13.4. The summed E-state index contributed by atoms with van der Waals surface area (Å²) in [6.07, 6.45) is 23.6. The molecule has 0 amide bonds. The number of carbonyl (C=O) groups excluding carboxylic acids is 2. The summed E-state index contributed by atoms with van der Waals surface area (Å²) in [4.78, 5) is 26.8. The number of Topliss-reactive ketones (excluding diaryl/α,β-unsaturated/α-hetero) is 1. The lowest BCUT2D eigenvalue weighted by Crippen LogP contribution is -2.41. The smallest absolute Gasteiger partial charge is 0.336 e. The molecule has 7 rings (SSSR count). The maximum absolute atomic E-state index is 13.4. The van der Waals surface area contributed by atoms with Crippen molar-refractivity contribution in [2.75, 3.05) is 6.61 Å². The number of aliphatic hydroxyl groups is 1. The predicted molar refractivity (Wildman–Crippen MR) is 170 cm³/mol. The Kier molecular flexibility index (Phi) is 9.03. The first-order chi connectivity index (χ1) is 21.5. The van der Waals surface area contributed by atoms with Gasteiger partial charge in [0.1, 0.15) is 6.11 Å². The lowest BCUT2D eigenvalue weighted by Gasteiger charge is -2.39. The highest BCUT2D eigenvalue weighted by Crippen LogP contribution is 2.55. The molecule has 6 nitrogen and oxygen atoms in total. The molecule has 0 bridgehead atoms. The number of fused-ring (bicyclic) bond motifs is 6. The predicted octanol–water partition coefficient (Wildman–Crippen LogP) is 6.92. The maximum Gasteiger partial charge on any atom is 0.336 e. The van der Waals surface area contributed by atoms with E-state index in [9.17, 15) is 14.7 Å². The third-order valence-corrected chi connectivity index (χ3v) is 13.5. The Hall–Kier alpha value is -2.42. The molecule has 10 atom stereocenters. The first-order valence-electron chi connectivity index (χ1n) is 18.4. The Morgan fingerprint density at radius 1 is 0.682 bits per heavy atom. The Bertz CT molecular complexity index is 1240. The van der Waals surface area contributed by atoms with Gasteiger partial charge in [-0.2, -0.15) is 0 Å². The molecular formula is C38H54N2O4. The molecule has 44 heavy (non-hydrogen) atoms. The molecule has 240 valence electrons. The number of rotatable bonds is 7. The SMILES string of the molecule is CCOC(=O)C1=C(NC2CCC3C(C2)CC2CCCCC23)CC(C(=O)C#CO)=C(NC2CCC3C(C2)CC2CCCCC23)C1. The summed E-state index contributed by atoms with van der Waals surface area (Å²) < 4.78 is 5.59. The van der Waals surface area contributed by atoms with Gasteiger partial charge in [0.15, 0.2) is 0 Å². The van der Waals surface area contributed by atoms with Crippen LogP contribution in [-0.2, 0) is 14.3 Å². The van der Waals surface area contributed by atoms with Crippen LogP contribution in [0, 0.1) is 59.4 Å². The summed E-state index contributed by atoms with van der Waals surface area (Å²) in [6.45, 7) is 2.18. The number of carbonyl (C=O) groups is 2. The van der Waals surface area contributed by atoms with Gasteiger partial charge in [0, 0.05) is 47.8 Å². The van der Waals surface area contributed by atoms with Crippen molar-refractivity contribution < 1.29 is 19.4 Å². The highest BCUT2D eigenvalue weighted by molar-refractivity contribution is 6.09. The minimum atomic E-state index is -0.346. The highest BCUT2D eigenvalue weighted by Gasteiger charge is 2.48. The van der Waals surface area contributed by atoms with Crippen molar-refractivity contribution in [1.82, 2.24) is 10.6 Å². The summed E-state index contributed by atoms with van der Waals surface area (Å²) in [5.41, 5.74) is 2.91. The van der Waals surface area contributed by atoms with E-state index in [1.165, 1.54) is 77.0 Å². The van der Waals surface area contributed by atoms with Crippen LogP contribution < -0.4 is 10.6 Å². The van der Waals surface area contributed by atoms with Gasteiger partial charge in [-0.25, -0.2) is 4.79 Å². The van der Waals surface area contributed by atoms with Crippen LogP contribution >= 0.6 is 0 Å². The van der Waals surface area contributed by atoms with Crippen LogP contribution in [0.1, 0.15) is 122 Å². The molecule has 6 fully saturated rings. The van der Waals surface area contributed by atoms with Gasteiger partial charge in [0.25, 0.3) is 0 Å². The Balaban J connectivity index is 1.08. The first kappa shape index (κ1) is 30.2. The lowest BCUT2D eigenvalue weighted by atomic mass is 9.72. The second kappa shape index (κ2) is 13.1. The molecule has 0 radical (unpaired) electrons. The summed E-state index contributed by atoms with van der Waals surface area (Å²) in [6, 6.07) is 0.613. The second-order valence-corrected chi connectivity index (χ2v) is 15.6. The van der Waals surface area contributed by atoms with E-state index in [1.54, 1.807) is 0 Å². The number of esters is 1. The monoisotopic (exact) mass is 602 g/mol. The van der Waals surface area contributed by atoms with E-state index >= 15 is 0 Å². The molecule has 6 heteroatoms. The highest BCUT2D eigenvalue weighted by atomic mass is 16.5. The molecule has 0 spiro atoms. The number of hydrogen-bond donors (Lipinski definition) is 3. The first-order valence-corrected chi connectivity index (χ1v) is 18.4. The zero-order valence-electron chi connectivity index (χ0n) is 26.9. The number of nitrogens with one attached hydrogen (secondary N) is 2. The van der Waals surface area contributed by atoms with E-state index < -0.39 is 0 Å². The molecule has 0 heterocycles. The van der Waals surface area contributed by atoms with Crippen LogP contribution in [0.2, 0.25) is 0 Å². The van der Waals surface area contributed by atoms with Gasteiger partial charge in [-0.05, 0) is 118 Å². The topological polar surface area (TPSA) is 87.7 Å². The molecule has 10 unspecified atom stereocenters. The molecule has 7 aliphatic rings. The molecule has 3 N–H and O–H groups in total. The van der Waals surface area contributed by atoms with Crippen LogP contribution in [0.3, 0.4) is 0 Å². The summed E-state index contributed by atoms with van der Waals surface area (Å²) in [5.74, 6) is 8.75. The van der Waals surface area contributed by atoms with Crippen molar-refractivity contribution in [1.29, 1.82) is 0 Å². The third-order valence-electron chi connectivity index (χ3n) is 13.5. The van der Waals surface area contributed by atoms with Crippen LogP contribution in [0.4, 0.5) is 0 Å². The van der Waals surface area contributed by atoms with E-state index in [-0.39, 0.29) is 11.8 Å². The van der Waals surface area contributed by atoms with E-state index in [4.69, 9.17) is 4.74 Å². The van der Waals surface area contributed by atoms with Gasteiger partial charge >= 0.3 is 5.97 Å². The molecular weight excluding hydrogens is 548 g/mol. The fourth-order valence-corrected chi connectivity index (χ4v) is 11.8. The van der Waals surface area contributed by atoms with Crippen molar-refractivity contribution in [2.45, 2.75) is 135 Å². The van der Waals surface area contributed by atoms with Gasteiger partial charge in [0.05, 0.1) is 12.2 Å². The average Bonchev–Trinajstić information content (AvgIpc) is 3.59. The van der Waals surface area contributed by atoms with Crippen molar-refractivity contribution in [3.05, 3.63) is 22.5 Å². The number of allylic oxidation sites excluding steroid dienone is 2. The van der Waals surface area contributed by atoms with Crippen LogP contribution in [0.25, 0.3) is 0 Å². The van der Waals surface area contributed by atoms with Crippen LogP contribution in [0.5, 0.6) is 0 Å². The normalized spacial score (nSPS) is 39.7. The molecule has 0 aromatic carbocycles. The fraction of sp³-hybridized carbons (Fsp3) is 0.789. The van der Waals surface area contributed by atoms with E-state index in [1.807, 2.05) is 13.0 Å². The van der Waals surface area contributed by atoms with E-state index in [2.05, 4.69) is 16.6 Å².